The summed E-state index contributed by atoms with van der Waals surface area (Å²) in [7, 11) is 0. The number of rotatable bonds is 4. The molecule has 2 rings (SSSR count). The lowest BCUT2D eigenvalue weighted by molar-refractivity contribution is 0.219. The quantitative estimate of drug-likeness (QED) is 0.788. The lowest BCUT2D eigenvalue weighted by Crippen LogP contribution is -2.41. The number of urea groups is 1. The maximum absolute atomic E-state index is 11.5. The molecule has 102 valence electrons. The summed E-state index contributed by atoms with van der Waals surface area (Å²) in [6.07, 6.45) is 0. The Morgan fingerprint density at radius 1 is 1.42 bits per heavy atom. The molecule has 0 aliphatic carbocycles. The SMILES string of the molecule is Cc1c(CNC(=O)N[C@@H](C)CO)oc2ccccc12. The van der Waals surface area contributed by atoms with Gasteiger partial charge in [0.15, 0.2) is 0 Å². The predicted molar refractivity (Wildman–Crippen MR) is 72.9 cm³/mol. The zero-order valence-corrected chi connectivity index (χ0v) is 11.1. The van der Waals surface area contributed by atoms with Crippen molar-refractivity contribution in [2.75, 3.05) is 6.61 Å². The molecule has 1 aromatic heterocycles. The van der Waals surface area contributed by atoms with Crippen molar-refractivity contribution >= 4 is 17.0 Å². The van der Waals surface area contributed by atoms with Crippen LogP contribution in [0.15, 0.2) is 28.7 Å². The van der Waals surface area contributed by atoms with Crippen molar-refractivity contribution in [3.8, 4) is 0 Å². The van der Waals surface area contributed by atoms with Crippen LogP contribution in [0.1, 0.15) is 18.2 Å². The Bertz CT molecular complexity index is 577. The van der Waals surface area contributed by atoms with Crippen LogP contribution in [0.5, 0.6) is 0 Å². The molecule has 1 atom stereocenters. The first kappa shape index (κ1) is 13.4. The number of benzene rings is 1. The van der Waals surface area contributed by atoms with Gasteiger partial charge in [0, 0.05) is 10.9 Å². The van der Waals surface area contributed by atoms with Crippen LogP contribution < -0.4 is 10.6 Å². The van der Waals surface area contributed by atoms with E-state index in [9.17, 15) is 4.79 Å². The zero-order valence-electron chi connectivity index (χ0n) is 11.1. The van der Waals surface area contributed by atoms with Gasteiger partial charge in [-0.15, -0.1) is 0 Å². The highest BCUT2D eigenvalue weighted by molar-refractivity contribution is 5.82. The second-order valence-electron chi connectivity index (χ2n) is 4.56. The molecule has 0 spiro atoms. The van der Waals surface area contributed by atoms with E-state index in [0.29, 0.717) is 6.54 Å². The normalized spacial score (nSPS) is 12.4. The Morgan fingerprint density at radius 3 is 2.84 bits per heavy atom. The van der Waals surface area contributed by atoms with Gasteiger partial charge in [-0.05, 0) is 19.9 Å². The van der Waals surface area contributed by atoms with Crippen molar-refractivity contribution < 1.29 is 14.3 Å². The molecule has 0 aliphatic heterocycles. The standard InChI is InChI=1S/C14H18N2O3/c1-9(8-17)16-14(18)15-7-13-10(2)11-5-3-4-6-12(11)19-13/h3-6,9,17H,7-8H2,1-2H3,(H2,15,16,18)/t9-/m0/s1. The topological polar surface area (TPSA) is 74.5 Å². The first-order valence-corrected chi connectivity index (χ1v) is 6.24. The van der Waals surface area contributed by atoms with E-state index in [-0.39, 0.29) is 18.7 Å². The van der Waals surface area contributed by atoms with E-state index in [0.717, 1.165) is 22.3 Å². The average molecular weight is 262 g/mol. The number of amides is 2. The van der Waals surface area contributed by atoms with E-state index in [1.807, 2.05) is 31.2 Å². The third kappa shape index (κ3) is 3.06. The largest absolute Gasteiger partial charge is 0.459 e. The van der Waals surface area contributed by atoms with Gasteiger partial charge in [-0.2, -0.15) is 0 Å². The number of furan rings is 1. The second-order valence-corrected chi connectivity index (χ2v) is 4.56. The molecule has 0 saturated carbocycles. The minimum absolute atomic E-state index is 0.0862. The molecule has 1 heterocycles. The van der Waals surface area contributed by atoms with Gasteiger partial charge < -0.3 is 20.2 Å². The van der Waals surface area contributed by atoms with Crippen molar-refractivity contribution in [2.24, 2.45) is 0 Å². The second kappa shape index (κ2) is 5.75. The number of para-hydroxylation sites is 1. The summed E-state index contributed by atoms with van der Waals surface area (Å²) in [6.45, 7) is 3.94. The van der Waals surface area contributed by atoms with Crippen LogP contribution in [0.4, 0.5) is 4.79 Å². The van der Waals surface area contributed by atoms with Crippen LogP contribution >= 0.6 is 0 Å². The molecule has 1 aromatic carbocycles. The molecule has 2 aromatic rings. The fraction of sp³-hybridized carbons (Fsp3) is 0.357. The molecule has 0 radical (unpaired) electrons. The van der Waals surface area contributed by atoms with Crippen molar-refractivity contribution in [2.45, 2.75) is 26.4 Å². The first-order chi connectivity index (χ1) is 9.11. The van der Waals surface area contributed by atoms with Crippen LogP contribution in [0.2, 0.25) is 0 Å². The Hall–Kier alpha value is -2.01. The molecule has 0 unspecified atom stereocenters. The third-order valence-corrected chi connectivity index (χ3v) is 3.00. The fourth-order valence-corrected chi connectivity index (χ4v) is 1.87. The highest BCUT2D eigenvalue weighted by Crippen LogP contribution is 2.24. The number of carbonyl (C=O) groups excluding carboxylic acids is 1. The van der Waals surface area contributed by atoms with Gasteiger partial charge in [-0.1, -0.05) is 18.2 Å². The van der Waals surface area contributed by atoms with E-state index in [2.05, 4.69) is 10.6 Å². The van der Waals surface area contributed by atoms with Crippen molar-refractivity contribution in [1.82, 2.24) is 10.6 Å². The summed E-state index contributed by atoms with van der Waals surface area (Å²) in [5.41, 5.74) is 1.85. The van der Waals surface area contributed by atoms with Gasteiger partial charge in [0.05, 0.1) is 19.2 Å². The summed E-state index contributed by atoms with van der Waals surface area (Å²) in [5.74, 6) is 0.744. The number of aliphatic hydroxyl groups is 1. The molecule has 0 fully saturated rings. The maximum Gasteiger partial charge on any atom is 0.315 e. The lowest BCUT2D eigenvalue weighted by Gasteiger charge is -2.11. The highest BCUT2D eigenvalue weighted by Gasteiger charge is 2.11. The highest BCUT2D eigenvalue weighted by atomic mass is 16.3. The first-order valence-electron chi connectivity index (χ1n) is 6.24. The van der Waals surface area contributed by atoms with Gasteiger partial charge in [0.25, 0.3) is 0 Å². The molecule has 5 nitrogen and oxygen atoms in total. The third-order valence-electron chi connectivity index (χ3n) is 3.00. The van der Waals surface area contributed by atoms with E-state index in [1.54, 1.807) is 6.92 Å². The van der Waals surface area contributed by atoms with Gasteiger partial charge in [0.2, 0.25) is 0 Å². The Balaban J connectivity index is 2.02. The Kier molecular flexibility index (Phi) is 4.06. The summed E-state index contributed by atoms with van der Waals surface area (Å²) >= 11 is 0. The predicted octanol–water partition coefficient (Wildman–Crippen LogP) is 1.92. The minimum atomic E-state index is -0.318. The summed E-state index contributed by atoms with van der Waals surface area (Å²) < 4.78 is 5.69. The summed E-state index contributed by atoms with van der Waals surface area (Å²) in [5, 5.41) is 15.2. The number of hydrogen-bond acceptors (Lipinski definition) is 3. The molecule has 0 bridgehead atoms. The Labute approximate surface area is 111 Å². The van der Waals surface area contributed by atoms with Crippen LogP contribution in [0.3, 0.4) is 0 Å². The number of hydrogen-bond donors (Lipinski definition) is 3. The van der Waals surface area contributed by atoms with Crippen LogP contribution in [0.25, 0.3) is 11.0 Å². The lowest BCUT2D eigenvalue weighted by atomic mass is 10.1. The van der Waals surface area contributed by atoms with E-state index < -0.39 is 0 Å². The van der Waals surface area contributed by atoms with Gasteiger partial charge >= 0.3 is 6.03 Å². The molecule has 19 heavy (non-hydrogen) atoms. The number of aliphatic hydroxyl groups excluding tert-OH is 1. The van der Waals surface area contributed by atoms with Crippen molar-refractivity contribution in [3.05, 3.63) is 35.6 Å². The van der Waals surface area contributed by atoms with Crippen LogP contribution in [0, 0.1) is 6.92 Å². The maximum atomic E-state index is 11.5. The smallest absolute Gasteiger partial charge is 0.315 e. The van der Waals surface area contributed by atoms with E-state index >= 15 is 0 Å². The average Bonchev–Trinajstić information content (AvgIpc) is 2.73. The molecule has 0 aliphatic rings. The minimum Gasteiger partial charge on any atom is -0.459 e. The molecular formula is C14H18N2O3. The van der Waals surface area contributed by atoms with E-state index in [1.165, 1.54) is 0 Å². The number of aryl methyl sites for hydroxylation is 1. The summed E-state index contributed by atoms with van der Waals surface area (Å²) in [6, 6.07) is 7.18. The van der Waals surface area contributed by atoms with Gasteiger partial charge in [-0.3, -0.25) is 0 Å². The molecule has 3 N–H and O–H groups in total. The molecule has 5 heteroatoms. The van der Waals surface area contributed by atoms with Crippen LogP contribution in [-0.4, -0.2) is 23.8 Å². The van der Waals surface area contributed by atoms with Gasteiger partial charge in [-0.25, -0.2) is 4.79 Å². The number of nitrogens with one attached hydrogen (secondary N) is 2. The molecular weight excluding hydrogens is 244 g/mol. The fourth-order valence-electron chi connectivity index (χ4n) is 1.87. The Morgan fingerprint density at radius 2 is 2.16 bits per heavy atom. The number of carbonyl (C=O) groups is 1. The summed E-state index contributed by atoms with van der Waals surface area (Å²) in [4.78, 5) is 11.5. The van der Waals surface area contributed by atoms with Crippen LogP contribution in [-0.2, 0) is 6.54 Å². The van der Waals surface area contributed by atoms with Gasteiger partial charge in [0.1, 0.15) is 11.3 Å². The zero-order chi connectivity index (χ0) is 13.8. The monoisotopic (exact) mass is 262 g/mol. The van der Waals surface area contributed by atoms with E-state index in [4.69, 9.17) is 9.52 Å². The van der Waals surface area contributed by atoms with Crippen molar-refractivity contribution in [3.63, 3.8) is 0 Å². The number of fused-ring (bicyclic) bond motifs is 1. The molecule has 2 amide bonds. The molecule has 0 saturated heterocycles. The van der Waals surface area contributed by atoms with Crippen molar-refractivity contribution in [1.29, 1.82) is 0 Å².